The van der Waals surface area contributed by atoms with E-state index < -0.39 is 0 Å². The van der Waals surface area contributed by atoms with E-state index in [1.807, 2.05) is 6.07 Å². The van der Waals surface area contributed by atoms with Gasteiger partial charge in [-0.15, -0.1) is 0 Å². The summed E-state index contributed by atoms with van der Waals surface area (Å²) in [6.45, 7) is 1.76. The minimum atomic E-state index is -0.306. The van der Waals surface area contributed by atoms with Crippen LogP contribution in [-0.2, 0) is 0 Å². The Kier molecular flexibility index (Phi) is 3.48. The monoisotopic (exact) mass is 252 g/mol. The molecule has 0 bridgehead atoms. The first-order valence-electron chi connectivity index (χ1n) is 5.71. The summed E-state index contributed by atoms with van der Waals surface area (Å²) in [6, 6.07) is 13.3. The van der Waals surface area contributed by atoms with Crippen LogP contribution in [0.4, 0.5) is 5.69 Å². The van der Waals surface area contributed by atoms with Crippen LogP contribution in [0, 0.1) is 18.3 Å². The van der Waals surface area contributed by atoms with Crippen molar-refractivity contribution < 1.29 is 9.90 Å². The third-order valence-electron chi connectivity index (χ3n) is 2.74. The van der Waals surface area contributed by atoms with Crippen LogP contribution in [0.15, 0.2) is 42.5 Å². The summed E-state index contributed by atoms with van der Waals surface area (Å²) in [7, 11) is 0. The highest BCUT2D eigenvalue weighted by atomic mass is 16.3. The van der Waals surface area contributed by atoms with E-state index in [1.165, 1.54) is 6.07 Å². The maximum absolute atomic E-state index is 11.9. The second-order valence-electron chi connectivity index (χ2n) is 4.14. The van der Waals surface area contributed by atoms with Crippen molar-refractivity contribution in [1.29, 1.82) is 5.26 Å². The summed E-state index contributed by atoms with van der Waals surface area (Å²) in [5.74, 6) is -0.215. The first-order chi connectivity index (χ1) is 9.10. The van der Waals surface area contributed by atoms with E-state index >= 15 is 0 Å². The predicted molar refractivity (Wildman–Crippen MR) is 72.0 cm³/mol. The predicted octanol–water partition coefficient (Wildman–Crippen LogP) is 2.82. The van der Waals surface area contributed by atoms with E-state index in [9.17, 15) is 9.90 Å². The van der Waals surface area contributed by atoms with Crippen LogP contribution in [0.25, 0.3) is 0 Å². The van der Waals surface area contributed by atoms with Gasteiger partial charge in [0.25, 0.3) is 5.91 Å². The van der Waals surface area contributed by atoms with Crippen molar-refractivity contribution in [2.45, 2.75) is 6.92 Å². The van der Waals surface area contributed by atoms with Gasteiger partial charge >= 0.3 is 0 Å². The maximum atomic E-state index is 11.9. The standard InChI is InChI=1S/C15H12N2O2/c1-10-2-5-12(8-14(10)18)15(19)17-13-6-3-11(9-16)4-7-13/h2-8,18H,1H3,(H,17,19). The zero-order valence-electron chi connectivity index (χ0n) is 10.3. The summed E-state index contributed by atoms with van der Waals surface area (Å²) in [5.41, 5.74) is 2.23. The molecule has 0 saturated heterocycles. The lowest BCUT2D eigenvalue weighted by Gasteiger charge is -2.06. The Bertz CT molecular complexity index is 655. The Morgan fingerprint density at radius 2 is 1.89 bits per heavy atom. The molecule has 2 aromatic rings. The fourth-order valence-corrected chi connectivity index (χ4v) is 1.58. The zero-order chi connectivity index (χ0) is 13.8. The van der Waals surface area contributed by atoms with Gasteiger partial charge in [0.2, 0.25) is 0 Å². The second-order valence-corrected chi connectivity index (χ2v) is 4.14. The number of aryl methyl sites for hydroxylation is 1. The molecule has 0 unspecified atom stereocenters. The lowest BCUT2D eigenvalue weighted by molar-refractivity contribution is 0.102. The second kappa shape index (κ2) is 5.23. The van der Waals surface area contributed by atoms with Gasteiger partial charge in [-0.05, 0) is 48.9 Å². The number of rotatable bonds is 2. The van der Waals surface area contributed by atoms with Crippen LogP contribution >= 0.6 is 0 Å². The highest BCUT2D eigenvalue weighted by Crippen LogP contribution is 2.18. The number of carbonyl (C=O) groups is 1. The molecule has 2 rings (SSSR count). The van der Waals surface area contributed by atoms with Crippen molar-refractivity contribution in [3.63, 3.8) is 0 Å². The quantitative estimate of drug-likeness (QED) is 0.863. The molecule has 4 nitrogen and oxygen atoms in total. The summed E-state index contributed by atoms with van der Waals surface area (Å²) in [6.07, 6.45) is 0. The number of benzene rings is 2. The van der Waals surface area contributed by atoms with Gasteiger partial charge < -0.3 is 10.4 Å². The van der Waals surface area contributed by atoms with E-state index in [2.05, 4.69) is 5.32 Å². The SMILES string of the molecule is Cc1ccc(C(=O)Nc2ccc(C#N)cc2)cc1O. The van der Waals surface area contributed by atoms with Crippen molar-refractivity contribution in [3.05, 3.63) is 59.2 Å². The summed E-state index contributed by atoms with van der Waals surface area (Å²) in [4.78, 5) is 11.9. The number of nitrogens with zero attached hydrogens (tertiary/aromatic N) is 1. The number of phenols is 1. The third kappa shape index (κ3) is 2.90. The number of amides is 1. The Balaban J connectivity index is 2.16. The molecular weight excluding hydrogens is 240 g/mol. The highest BCUT2D eigenvalue weighted by molar-refractivity contribution is 6.04. The van der Waals surface area contributed by atoms with Gasteiger partial charge in [0, 0.05) is 11.3 Å². The lowest BCUT2D eigenvalue weighted by Crippen LogP contribution is -2.11. The normalized spacial score (nSPS) is 9.68. The van der Waals surface area contributed by atoms with Crippen molar-refractivity contribution in [3.8, 4) is 11.8 Å². The Morgan fingerprint density at radius 1 is 1.21 bits per heavy atom. The molecule has 0 aliphatic heterocycles. The van der Waals surface area contributed by atoms with E-state index in [4.69, 9.17) is 5.26 Å². The van der Waals surface area contributed by atoms with Gasteiger partial charge in [-0.1, -0.05) is 6.07 Å². The number of phenolic OH excluding ortho intramolecular Hbond substituents is 1. The molecule has 4 heteroatoms. The zero-order valence-corrected chi connectivity index (χ0v) is 10.3. The van der Waals surface area contributed by atoms with E-state index in [0.717, 1.165) is 5.56 Å². The fourth-order valence-electron chi connectivity index (χ4n) is 1.58. The molecular formula is C15H12N2O2. The maximum Gasteiger partial charge on any atom is 0.255 e. The van der Waals surface area contributed by atoms with Gasteiger partial charge in [0.15, 0.2) is 0 Å². The molecule has 0 aliphatic carbocycles. The Hall–Kier alpha value is -2.80. The molecule has 0 atom stereocenters. The largest absolute Gasteiger partial charge is 0.508 e. The van der Waals surface area contributed by atoms with Gasteiger partial charge in [-0.2, -0.15) is 5.26 Å². The third-order valence-corrected chi connectivity index (χ3v) is 2.74. The number of hydrogen-bond donors (Lipinski definition) is 2. The lowest BCUT2D eigenvalue weighted by atomic mass is 10.1. The van der Waals surface area contributed by atoms with Crippen LogP contribution in [0.3, 0.4) is 0 Å². The number of hydrogen-bond acceptors (Lipinski definition) is 3. The van der Waals surface area contributed by atoms with Crippen LogP contribution in [-0.4, -0.2) is 11.0 Å². The smallest absolute Gasteiger partial charge is 0.255 e. The molecule has 19 heavy (non-hydrogen) atoms. The molecule has 1 amide bonds. The van der Waals surface area contributed by atoms with Crippen LogP contribution in [0.2, 0.25) is 0 Å². The summed E-state index contributed by atoms with van der Waals surface area (Å²) < 4.78 is 0. The van der Waals surface area contributed by atoms with E-state index in [1.54, 1.807) is 43.3 Å². The average Bonchev–Trinajstić information content (AvgIpc) is 2.42. The molecule has 0 saturated carbocycles. The molecule has 0 spiro atoms. The van der Waals surface area contributed by atoms with Crippen molar-refractivity contribution >= 4 is 11.6 Å². The van der Waals surface area contributed by atoms with Gasteiger partial charge in [-0.3, -0.25) is 4.79 Å². The van der Waals surface area contributed by atoms with E-state index in [-0.39, 0.29) is 11.7 Å². The van der Waals surface area contributed by atoms with Crippen molar-refractivity contribution in [2.24, 2.45) is 0 Å². The van der Waals surface area contributed by atoms with Crippen LogP contribution < -0.4 is 5.32 Å². The number of aromatic hydroxyl groups is 1. The Labute approximate surface area is 110 Å². The van der Waals surface area contributed by atoms with Crippen LogP contribution in [0.5, 0.6) is 5.75 Å². The van der Waals surface area contributed by atoms with Gasteiger partial charge in [0.05, 0.1) is 11.6 Å². The van der Waals surface area contributed by atoms with Crippen LogP contribution in [0.1, 0.15) is 21.5 Å². The van der Waals surface area contributed by atoms with Crippen molar-refractivity contribution in [2.75, 3.05) is 5.32 Å². The molecule has 2 N–H and O–H groups in total. The molecule has 0 aromatic heterocycles. The molecule has 0 heterocycles. The number of nitriles is 1. The molecule has 0 radical (unpaired) electrons. The molecule has 0 aliphatic rings. The number of anilines is 1. The topological polar surface area (TPSA) is 73.1 Å². The minimum Gasteiger partial charge on any atom is -0.508 e. The van der Waals surface area contributed by atoms with Crippen molar-refractivity contribution in [1.82, 2.24) is 0 Å². The Morgan fingerprint density at radius 3 is 2.47 bits per heavy atom. The van der Waals surface area contributed by atoms with Gasteiger partial charge in [-0.25, -0.2) is 0 Å². The molecule has 0 fully saturated rings. The molecule has 2 aromatic carbocycles. The highest BCUT2D eigenvalue weighted by Gasteiger charge is 2.08. The molecule has 94 valence electrons. The first kappa shape index (κ1) is 12.7. The first-order valence-corrected chi connectivity index (χ1v) is 5.71. The van der Waals surface area contributed by atoms with Gasteiger partial charge in [0.1, 0.15) is 5.75 Å². The summed E-state index contributed by atoms with van der Waals surface area (Å²) >= 11 is 0. The number of nitrogens with one attached hydrogen (secondary N) is 1. The summed E-state index contributed by atoms with van der Waals surface area (Å²) in [5, 5.41) is 20.9. The number of carbonyl (C=O) groups excluding carboxylic acids is 1. The average molecular weight is 252 g/mol. The van der Waals surface area contributed by atoms with E-state index in [0.29, 0.717) is 16.8 Å². The minimum absolute atomic E-state index is 0.0903. The fraction of sp³-hybridized carbons (Fsp3) is 0.0667.